The quantitative estimate of drug-likeness (QED) is 0.191. The highest BCUT2D eigenvalue weighted by molar-refractivity contribution is 6.30. The van der Waals surface area contributed by atoms with E-state index in [1.165, 1.54) is 24.3 Å². The summed E-state index contributed by atoms with van der Waals surface area (Å²) < 4.78 is 116. The summed E-state index contributed by atoms with van der Waals surface area (Å²) in [5.41, 5.74) is -14.1. The van der Waals surface area contributed by atoms with Crippen molar-refractivity contribution >= 4 is 33.4 Å². The number of halogens is 8. The summed E-state index contributed by atoms with van der Waals surface area (Å²) in [5, 5.41) is 69.1. The van der Waals surface area contributed by atoms with Crippen LogP contribution >= 0.6 is 0 Å². The van der Waals surface area contributed by atoms with E-state index in [1.807, 2.05) is 0 Å². The minimum Gasteiger partial charge on any atom is -0.206 e. The van der Waals surface area contributed by atoms with Gasteiger partial charge in [0.25, 0.3) is 0 Å². The van der Waals surface area contributed by atoms with Gasteiger partial charge in [0.1, 0.15) is 41.5 Å². The molecule has 244 valence electrons. The van der Waals surface area contributed by atoms with Crippen LogP contribution in [0.15, 0.2) is 47.5 Å². The molecule has 0 aromatic heterocycles. The minimum absolute atomic E-state index is 0.327. The maximum absolute atomic E-state index is 17.2. The van der Waals surface area contributed by atoms with Gasteiger partial charge in [-0.15, -0.1) is 0 Å². The van der Waals surface area contributed by atoms with Crippen LogP contribution in [0.4, 0.5) is 35.1 Å². The number of hydrogen-bond donors (Lipinski definition) is 0. The smallest absolute Gasteiger partial charge is 0.206 e. The van der Waals surface area contributed by atoms with Gasteiger partial charge in [-0.1, -0.05) is 12.1 Å². The molecule has 0 N–H and O–H groups in total. The molecule has 2 aliphatic rings. The van der Waals surface area contributed by atoms with E-state index in [0.29, 0.717) is 24.3 Å². The Morgan fingerprint density at radius 1 is 0.529 bits per heavy atom. The molecule has 0 radical (unpaired) electrons. The molecule has 0 amide bonds. The predicted octanol–water partition coefficient (Wildman–Crippen LogP) is 8.74. The van der Waals surface area contributed by atoms with Crippen LogP contribution in [0.5, 0.6) is 0 Å². The first-order valence-corrected chi connectivity index (χ1v) is 13.8. The maximum atomic E-state index is 17.2. The van der Waals surface area contributed by atoms with Crippen LogP contribution in [-0.2, 0) is 12.4 Å². The van der Waals surface area contributed by atoms with Crippen molar-refractivity contribution in [3.8, 4) is 42.5 Å². The van der Waals surface area contributed by atoms with Crippen molar-refractivity contribution < 1.29 is 35.1 Å². The number of hydrogen-bond acceptors (Lipinski definition) is 7. The second kappa shape index (κ2) is 12.2. The van der Waals surface area contributed by atoms with Crippen molar-refractivity contribution in [2.45, 2.75) is 19.3 Å². The minimum atomic E-state index is -5.02. The largest absolute Gasteiger partial charge is 0.417 e. The van der Waals surface area contributed by atoms with E-state index in [-0.39, 0.29) is 5.56 Å². The number of fused-ring (bicyclic) bond motifs is 2. The lowest BCUT2D eigenvalue weighted by Crippen LogP contribution is -2.08. The average Bonchev–Trinajstić information content (AvgIpc) is 3.64. The number of nitriles is 7. The van der Waals surface area contributed by atoms with E-state index >= 15 is 8.78 Å². The Morgan fingerprint density at radius 2 is 0.922 bits per heavy atom. The normalized spacial score (nSPS) is 14.3. The summed E-state index contributed by atoms with van der Waals surface area (Å²) in [5.74, 6) is -3.02. The first kappa shape index (κ1) is 34.8. The topological polar surface area (TPSA) is 167 Å². The lowest BCUT2D eigenvalue weighted by Gasteiger charge is -2.16. The first-order chi connectivity index (χ1) is 24.0. The monoisotopic (exact) mass is 691 g/mol. The summed E-state index contributed by atoms with van der Waals surface area (Å²) in [4.78, 5) is 0. The van der Waals surface area contributed by atoms with Crippen LogP contribution in [0.3, 0.4) is 0 Å². The van der Waals surface area contributed by atoms with Crippen molar-refractivity contribution in [3.63, 3.8) is 0 Å². The molecular weight excluding hydrogens is 682 g/mol. The second-order valence-electron chi connectivity index (χ2n) is 10.7. The molecule has 0 aliphatic heterocycles. The molecule has 0 atom stereocenters. The fraction of sp³-hybridized carbons (Fsp3) is 0.0833. The Bertz CT molecular complexity index is 2590. The maximum Gasteiger partial charge on any atom is 0.417 e. The number of rotatable bonds is 2. The second-order valence-corrected chi connectivity index (χ2v) is 10.7. The van der Waals surface area contributed by atoms with Crippen molar-refractivity contribution in [3.05, 3.63) is 115 Å². The van der Waals surface area contributed by atoms with Gasteiger partial charge in [0, 0.05) is 50.1 Å². The Balaban J connectivity index is 1.98. The molecular formula is C36H9F8N7. The van der Waals surface area contributed by atoms with Crippen LogP contribution < -0.4 is 0 Å². The van der Waals surface area contributed by atoms with Crippen molar-refractivity contribution in [2.75, 3.05) is 0 Å². The molecule has 0 saturated heterocycles. The molecule has 3 aromatic carbocycles. The van der Waals surface area contributed by atoms with E-state index < -0.39 is 119 Å². The Kier molecular flexibility index (Phi) is 8.32. The summed E-state index contributed by atoms with van der Waals surface area (Å²) in [6.45, 7) is 1.11. The molecule has 2 aliphatic carbocycles. The van der Waals surface area contributed by atoms with E-state index in [9.17, 15) is 63.2 Å². The van der Waals surface area contributed by atoms with Crippen LogP contribution in [0.1, 0.15) is 62.6 Å². The average molecular weight is 692 g/mol. The van der Waals surface area contributed by atoms with Gasteiger partial charge in [-0.25, -0.2) is 8.78 Å². The molecule has 3 aromatic rings. The van der Waals surface area contributed by atoms with E-state index in [2.05, 4.69) is 0 Å². The Labute approximate surface area is 281 Å². The van der Waals surface area contributed by atoms with Gasteiger partial charge in [-0.05, 0) is 42.3 Å². The predicted molar refractivity (Wildman–Crippen MR) is 160 cm³/mol. The molecule has 7 nitrogen and oxygen atoms in total. The van der Waals surface area contributed by atoms with Gasteiger partial charge in [-0.2, -0.15) is 63.2 Å². The summed E-state index contributed by atoms with van der Waals surface area (Å²) >= 11 is 0. The highest BCUT2D eigenvalue weighted by Crippen LogP contribution is 2.57. The fourth-order valence-electron chi connectivity index (χ4n) is 6.08. The molecule has 51 heavy (non-hydrogen) atoms. The zero-order chi connectivity index (χ0) is 37.7. The zero-order valence-electron chi connectivity index (χ0n) is 25.1. The lowest BCUT2D eigenvalue weighted by molar-refractivity contribution is -0.138. The van der Waals surface area contributed by atoms with E-state index in [4.69, 9.17) is 0 Å². The summed E-state index contributed by atoms with van der Waals surface area (Å²) in [6, 6.07) is 14.6. The SMILES string of the molecule is C/C(C#N)=C1\C(c2ccc(C(F)(F)F)c(C#N)c2)=C(C#N)c2c(F)c3c(c(F)c21)C(=C(C#N)C#N)C(c1ccc(C(F)(F)F)c(C#N)c1)=C3C#N. The number of allylic oxidation sites excluding steroid dienone is 8. The molecule has 0 unspecified atom stereocenters. The highest BCUT2D eigenvalue weighted by atomic mass is 19.4. The fourth-order valence-corrected chi connectivity index (χ4v) is 6.08. The zero-order valence-corrected chi connectivity index (χ0v) is 25.1. The van der Waals surface area contributed by atoms with E-state index in [1.54, 1.807) is 18.2 Å². The Morgan fingerprint density at radius 3 is 1.27 bits per heavy atom. The van der Waals surface area contributed by atoms with Crippen molar-refractivity contribution in [1.82, 2.24) is 0 Å². The van der Waals surface area contributed by atoms with Crippen LogP contribution in [0, 0.1) is 91.0 Å². The van der Waals surface area contributed by atoms with Crippen molar-refractivity contribution in [1.29, 1.82) is 36.8 Å². The van der Waals surface area contributed by atoms with Gasteiger partial charge < -0.3 is 0 Å². The molecule has 0 fully saturated rings. The first-order valence-electron chi connectivity index (χ1n) is 13.8. The molecule has 0 heterocycles. The number of alkyl halides is 6. The van der Waals surface area contributed by atoms with Gasteiger partial charge in [0.2, 0.25) is 0 Å². The Hall–Kier alpha value is -7.51. The van der Waals surface area contributed by atoms with Crippen molar-refractivity contribution in [2.24, 2.45) is 0 Å². The van der Waals surface area contributed by atoms with Crippen LogP contribution in [0.25, 0.3) is 33.4 Å². The summed E-state index contributed by atoms with van der Waals surface area (Å²) in [7, 11) is 0. The molecule has 0 spiro atoms. The number of nitrogens with zero attached hydrogens (tertiary/aromatic N) is 7. The number of benzene rings is 3. The highest BCUT2D eigenvalue weighted by Gasteiger charge is 2.44. The van der Waals surface area contributed by atoms with Crippen LogP contribution in [-0.4, -0.2) is 0 Å². The third kappa shape index (κ3) is 5.13. The van der Waals surface area contributed by atoms with Gasteiger partial charge >= 0.3 is 12.4 Å². The van der Waals surface area contributed by atoms with Gasteiger partial charge in [0.05, 0.1) is 51.6 Å². The molecule has 0 bridgehead atoms. The van der Waals surface area contributed by atoms with Gasteiger partial charge in [-0.3, -0.25) is 0 Å². The standard InChI is InChI=1S/C36H9F8N7/c1-15(8-45)25-26(16-2-4-23(35(39,40)41)18(6-16)9-46)21(13-50)29-31(25)34(38)32-28(20(11-48)12-49)27(22(14-51)30(32)33(29)37)17-3-5-24(36(42,43)44)19(7-17)10-47/h2-7H,1H3/b25-15-. The van der Waals surface area contributed by atoms with E-state index in [0.717, 1.165) is 19.1 Å². The molecule has 0 saturated carbocycles. The summed E-state index contributed by atoms with van der Waals surface area (Å²) in [6.07, 6.45) is -10.0. The lowest BCUT2D eigenvalue weighted by atomic mass is 9.87. The molecule has 5 rings (SSSR count). The third-order valence-corrected chi connectivity index (χ3v) is 8.09. The van der Waals surface area contributed by atoms with Crippen LogP contribution in [0.2, 0.25) is 0 Å². The third-order valence-electron chi connectivity index (χ3n) is 8.09. The molecule has 15 heteroatoms. The van der Waals surface area contributed by atoms with Gasteiger partial charge in [0.15, 0.2) is 0 Å².